The van der Waals surface area contributed by atoms with Crippen molar-refractivity contribution in [2.24, 2.45) is 0 Å². The van der Waals surface area contributed by atoms with Gasteiger partial charge in [0.15, 0.2) is 0 Å². The van der Waals surface area contributed by atoms with Gasteiger partial charge in [-0.3, -0.25) is 10.1 Å². The maximum absolute atomic E-state index is 13.3. The Hall–Kier alpha value is -2.36. The molecule has 0 saturated heterocycles. The Kier molecular flexibility index (Phi) is 5.83. The van der Waals surface area contributed by atoms with E-state index >= 15 is 0 Å². The Balaban J connectivity index is 2.11. The number of nitro benzene ring substituents is 1. The molecule has 0 amide bonds. The van der Waals surface area contributed by atoms with E-state index in [-0.39, 0.29) is 11.4 Å². The summed E-state index contributed by atoms with van der Waals surface area (Å²) in [5.41, 5.74) is 0.948. The number of rotatable bonds is 7. The SMILES string of the molecule is CN(C)Cc1ccc(CNS(=O)(=O)c2ccc(F)c([N+](=O)[O-])c2)cc1. The van der Waals surface area contributed by atoms with Gasteiger partial charge in [0.05, 0.1) is 9.82 Å². The van der Waals surface area contributed by atoms with Gasteiger partial charge >= 0.3 is 5.69 Å². The first-order valence-electron chi connectivity index (χ1n) is 7.35. The van der Waals surface area contributed by atoms with Crippen molar-refractivity contribution < 1.29 is 17.7 Å². The van der Waals surface area contributed by atoms with Crippen LogP contribution in [0.25, 0.3) is 0 Å². The van der Waals surface area contributed by atoms with Crippen molar-refractivity contribution >= 4 is 15.7 Å². The minimum absolute atomic E-state index is 0.0236. The van der Waals surface area contributed by atoms with Crippen LogP contribution in [0.5, 0.6) is 0 Å². The highest BCUT2D eigenvalue weighted by molar-refractivity contribution is 7.89. The summed E-state index contributed by atoms with van der Waals surface area (Å²) in [5.74, 6) is -1.08. The molecule has 7 nitrogen and oxygen atoms in total. The molecule has 0 heterocycles. The smallest absolute Gasteiger partial charge is 0.305 e. The normalized spacial score (nSPS) is 11.7. The summed E-state index contributed by atoms with van der Waals surface area (Å²) in [6.07, 6.45) is 0. The fourth-order valence-corrected chi connectivity index (χ4v) is 3.23. The van der Waals surface area contributed by atoms with Crippen LogP contribution in [0, 0.1) is 15.9 Å². The molecule has 0 aromatic heterocycles. The third kappa shape index (κ3) is 5.05. The third-order valence-electron chi connectivity index (χ3n) is 3.41. The molecule has 134 valence electrons. The van der Waals surface area contributed by atoms with Crippen molar-refractivity contribution in [3.8, 4) is 0 Å². The van der Waals surface area contributed by atoms with Crippen LogP contribution in [0.2, 0.25) is 0 Å². The summed E-state index contributed by atoms with van der Waals surface area (Å²) in [4.78, 5) is 11.4. The van der Waals surface area contributed by atoms with Gasteiger partial charge < -0.3 is 4.90 Å². The Morgan fingerprint density at radius 3 is 2.28 bits per heavy atom. The van der Waals surface area contributed by atoms with Crippen molar-refractivity contribution in [2.45, 2.75) is 18.0 Å². The Bertz CT molecular complexity index is 867. The molecular weight excluding hydrogens is 349 g/mol. The molecule has 2 aromatic rings. The van der Waals surface area contributed by atoms with Gasteiger partial charge in [0.25, 0.3) is 0 Å². The van der Waals surface area contributed by atoms with E-state index in [1.807, 2.05) is 31.1 Å². The van der Waals surface area contributed by atoms with Gasteiger partial charge in [-0.15, -0.1) is 0 Å². The lowest BCUT2D eigenvalue weighted by Gasteiger charge is -2.11. The fraction of sp³-hybridized carbons (Fsp3) is 0.250. The van der Waals surface area contributed by atoms with Gasteiger partial charge in [-0.2, -0.15) is 4.39 Å². The largest absolute Gasteiger partial charge is 0.306 e. The van der Waals surface area contributed by atoms with Crippen LogP contribution < -0.4 is 4.72 Å². The molecule has 0 radical (unpaired) electrons. The maximum Gasteiger partial charge on any atom is 0.306 e. The molecule has 0 aliphatic rings. The van der Waals surface area contributed by atoms with Crippen molar-refractivity contribution in [3.63, 3.8) is 0 Å². The molecule has 25 heavy (non-hydrogen) atoms. The maximum atomic E-state index is 13.3. The zero-order chi connectivity index (χ0) is 18.6. The molecule has 0 atom stereocenters. The highest BCUT2D eigenvalue weighted by Gasteiger charge is 2.21. The quantitative estimate of drug-likeness (QED) is 0.599. The second kappa shape index (κ2) is 7.68. The van der Waals surface area contributed by atoms with E-state index in [0.717, 1.165) is 29.8 Å². The average Bonchev–Trinajstić information content (AvgIpc) is 2.53. The van der Waals surface area contributed by atoms with Gasteiger partial charge in [0.1, 0.15) is 0 Å². The van der Waals surface area contributed by atoms with Crippen LogP contribution in [-0.4, -0.2) is 32.3 Å². The van der Waals surface area contributed by atoms with Crippen LogP contribution in [-0.2, 0) is 23.1 Å². The van der Waals surface area contributed by atoms with E-state index in [4.69, 9.17) is 0 Å². The van der Waals surface area contributed by atoms with Crippen LogP contribution in [0.15, 0.2) is 47.4 Å². The molecule has 1 N–H and O–H groups in total. The molecule has 2 rings (SSSR count). The minimum Gasteiger partial charge on any atom is -0.305 e. The summed E-state index contributed by atoms with van der Waals surface area (Å²) in [6, 6.07) is 9.85. The van der Waals surface area contributed by atoms with Crippen LogP contribution >= 0.6 is 0 Å². The van der Waals surface area contributed by atoms with Gasteiger partial charge in [0, 0.05) is 19.2 Å². The standard InChI is InChI=1S/C16H18FN3O4S/c1-19(2)11-13-5-3-12(4-6-13)10-18-25(23,24)14-7-8-15(17)16(9-14)20(21)22/h3-9,18H,10-11H2,1-2H3. The van der Waals surface area contributed by atoms with E-state index in [1.54, 1.807) is 12.1 Å². The average molecular weight is 367 g/mol. The summed E-state index contributed by atoms with van der Waals surface area (Å²) in [5, 5.41) is 10.7. The molecule has 0 aliphatic heterocycles. The minimum atomic E-state index is -3.99. The van der Waals surface area contributed by atoms with Crippen LogP contribution in [0.4, 0.5) is 10.1 Å². The van der Waals surface area contributed by atoms with E-state index in [0.29, 0.717) is 6.07 Å². The van der Waals surface area contributed by atoms with Gasteiger partial charge in [-0.25, -0.2) is 13.1 Å². The van der Waals surface area contributed by atoms with Crippen molar-refractivity contribution in [3.05, 3.63) is 69.5 Å². The second-order valence-electron chi connectivity index (χ2n) is 5.75. The van der Waals surface area contributed by atoms with Gasteiger partial charge in [0.2, 0.25) is 15.8 Å². The van der Waals surface area contributed by atoms with Gasteiger partial charge in [-0.1, -0.05) is 24.3 Å². The molecular formula is C16H18FN3O4S. The van der Waals surface area contributed by atoms with E-state index in [2.05, 4.69) is 4.72 Å². The molecule has 2 aromatic carbocycles. The molecule has 0 unspecified atom stereocenters. The second-order valence-corrected chi connectivity index (χ2v) is 7.52. The highest BCUT2D eigenvalue weighted by atomic mass is 32.2. The van der Waals surface area contributed by atoms with Crippen LogP contribution in [0.1, 0.15) is 11.1 Å². The number of nitro groups is 1. The lowest BCUT2D eigenvalue weighted by atomic mass is 10.1. The number of nitrogens with zero attached hydrogens (tertiary/aromatic N) is 2. The van der Waals surface area contributed by atoms with Crippen molar-refractivity contribution in [1.82, 2.24) is 9.62 Å². The number of hydrogen-bond donors (Lipinski definition) is 1. The molecule has 0 saturated carbocycles. The number of hydrogen-bond acceptors (Lipinski definition) is 5. The summed E-state index contributed by atoms with van der Waals surface area (Å²) in [6.45, 7) is 0.793. The van der Waals surface area contributed by atoms with E-state index in [1.165, 1.54) is 0 Å². The molecule has 0 aliphatic carbocycles. The van der Waals surface area contributed by atoms with Gasteiger partial charge in [-0.05, 0) is 37.4 Å². The number of halogens is 1. The Morgan fingerprint density at radius 1 is 1.12 bits per heavy atom. The Labute approximate surface area is 145 Å². The summed E-state index contributed by atoms with van der Waals surface area (Å²) in [7, 11) is -0.0930. The molecule has 0 spiro atoms. The highest BCUT2D eigenvalue weighted by Crippen LogP contribution is 2.21. The lowest BCUT2D eigenvalue weighted by Crippen LogP contribution is -2.23. The predicted octanol–water partition coefficient (Wildman–Crippen LogP) is 2.27. The molecule has 0 bridgehead atoms. The predicted molar refractivity (Wildman–Crippen MR) is 90.9 cm³/mol. The molecule has 9 heteroatoms. The molecule has 0 fully saturated rings. The zero-order valence-corrected chi connectivity index (χ0v) is 14.6. The van der Waals surface area contributed by atoms with Crippen LogP contribution in [0.3, 0.4) is 0 Å². The number of nitrogens with one attached hydrogen (secondary N) is 1. The third-order valence-corrected chi connectivity index (χ3v) is 4.81. The number of sulfonamides is 1. The monoisotopic (exact) mass is 367 g/mol. The van der Waals surface area contributed by atoms with E-state index in [9.17, 15) is 22.9 Å². The first-order valence-corrected chi connectivity index (χ1v) is 8.83. The Morgan fingerprint density at radius 2 is 1.72 bits per heavy atom. The topological polar surface area (TPSA) is 92.6 Å². The lowest BCUT2D eigenvalue weighted by molar-refractivity contribution is -0.387. The van der Waals surface area contributed by atoms with Crippen molar-refractivity contribution in [2.75, 3.05) is 14.1 Å². The summed E-state index contributed by atoms with van der Waals surface area (Å²) >= 11 is 0. The zero-order valence-electron chi connectivity index (χ0n) is 13.8. The fourth-order valence-electron chi connectivity index (χ4n) is 2.19. The van der Waals surface area contributed by atoms with E-state index < -0.39 is 26.5 Å². The first kappa shape index (κ1) is 19.0. The van der Waals surface area contributed by atoms with Crippen molar-refractivity contribution in [1.29, 1.82) is 0 Å². The number of benzene rings is 2. The summed E-state index contributed by atoms with van der Waals surface area (Å²) < 4.78 is 40.2. The first-order chi connectivity index (χ1) is 11.7.